The molecule has 0 radical (unpaired) electrons. The third kappa shape index (κ3) is 4.08. The van der Waals surface area contributed by atoms with Crippen molar-refractivity contribution in [2.24, 2.45) is 0 Å². The average Bonchev–Trinajstić information content (AvgIpc) is 3.21. The number of anilines is 3. The second-order valence-corrected chi connectivity index (χ2v) is 8.72. The van der Waals surface area contributed by atoms with E-state index in [4.69, 9.17) is 9.72 Å². The van der Waals surface area contributed by atoms with E-state index in [2.05, 4.69) is 20.2 Å². The molecule has 0 bridgehead atoms. The number of nitrogens with zero attached hydrogens (tertiary/aromatic N) is 5. The molecule has 8 nitrogen and oxygen atoms in total. The molecule has 1 aliphatic carbocycles. The van der Waals surface area contributed by atoms with Gasteiger partial charge in [-0.2, -0.15) is 0 Å². The first-order valence-corrected chi connectivity index (χ1v) is 11.3. The van der Waals surface area contributed by atoms with Crippen molar-refractivity contribution in [1.29, 1.82) is 0 Å². The highest BCUT2D eigenvalue weighted by Gasteiger charge is 2.45. The quantitative estimate of drug-likeness (QED) is 0.647. The van der Waals surface area contributed by atoms with Crippen LogP contribution in [0.2, 0.25) is 0 Å². The highest BCUT2D eigenvalue weighted by Crippen LogP contribution is 2.39. The fourth-order valence-electron chi connectivity index (χ4n) is 4.70. The molecular formula is C25H28N6O2. The number of benzene rings is 1. The Bertz CT molecular complexity index is 1150. The first-order chi connectivity index (χ1) is 16.1. The summed E-state index contributed by atoms with van der Waals surface area (Å²) < 4.78 is 5.30. The van der Waals surface area contributed by atoms with Gasteiger partial charge in [0.25, 0.3) is 0 Å². The molecule has 1 N–H and O–H groups in total. The lowest BCUT2D eigenvalue weighted by atomic mass is 9.85. The van der Waals surface area contributed by atoms with Crippen molar-refractivity contribution in [3.8, 4) is 5.75 Å². The Morgan fingerprint density at radius 3 is 2.70 bits per heavy atom. The lowest BCUT2D eigenvalue weighted by Gasteiger charge is -2.39. The Morgan fingerprint density at radius 2 is 1.94 bits per heavy atom. The summed E-state index contributed by atoms with van der Waals surface area (Å²) in [6.07, 6.45) is 5.21. The van der Waals surface area contributed by atoms with Crippen molar-refractivity contribution >= 4 is 23.4 Å². The number of amides is 1. The summed E-state index contributed by atoms with van der Waals surface area (Å²) in [5.74, 6) is 2.35. The van der Waals surface area contributed by atoms with Crippen molar-refractivity contribution in [3.05, 3.63) is 66.1 Å². The minimum Gasteiger partial charge on any atom is -0.497 e. The second-order valence-electron chi connectivity index (χ2n) is 8.72. The number of rotatable bonds is 5. The number of aromatic nitrogens is 3. The summed E-state index contributed by atoms with van der Waals surface area (Å²) in [5, 5.41) is 3.25. The molecule has 3 aromatic rings. The minimum atomic E-state index is -0.643. The number of aryl methyl sites for hydroxylation is 1. The molecule has 33 heavy (non-hydrogen) atoms. The Balaban J connectivity index is 1.32. The molecule has 1 unspecified atom stereocenters. The molecule has 2 aromatic heterocycles. The number of fused-ring (bicyclic) bond motifs is 1. The largest absolute Gasteiger partial charge is 0.497 e. The number of methoxy groups -OCH3 is 1. The molecular weight excluding hydrogens is 416 g/mol. The maximum Gasteiger partial charge on any atom is 0.234 e. The summed E-state index contributed by atoms with van der Waals surface area (Å²) in [6.45, 7) is 4.94. The summed E-state index contributed by atoms with van der Waals surface area (Å²) in [4.78, 5) is 31.6. The number of hydrogen-bond donors (Lipinski definition) is 1. The van der Waals surface area contributed by atoms with Gasteiger partial charge >= 0.3 is 0 Å². The van der Waals surface area contributed by atoms with Crippen LogP contribution in [0.1, 0.15) is 24.6 Å². The number of carbonyl (C=O) groups is 1. The molecule has 0 spiro atoms. The van der Waals surface area contributed by atoms with Crippen molar-refractivity contribution in [2.45, 2.75) is 25.2 Å². The lowest BCUT2D eigenvalue weighted by molar-refractivity contribution is -0.137. The van der Waals surface area contributed by atoms with Gasteiger partial charge in [-0.15, -0.1) is 0 Å². The van der Waals surface area contributed by atoms with E-state index < -0.39 is 5.41 Å². The molecule has 3 heterocycles. The van der Waals surface area contributed by atoms with Crippen LogP contribution in [0.4, 0.5) is 17.5 Å². The second kappa shape index (κ2) is 8.69. The van der Waals surface area contributed by atoms with Gasteiger partial charge in [0.1, 0.15) is 11.6 Å². The van der Waals surface area contributed by atoms with Crippen LogP contribution in [0.15, 0.2) is 54.9 Å². The van der Waals surface area contributed by atoms with E-state index >= 15 is 0 Å². The maximum atomic E-state index is 13.7. The normalized spacial score (nSPS) is 19.8. The van der Waals surface area contributed by atoms with Crippen molar-refractivity contribution in [3.63, 3.8) is 0 Å². The summed E-state index contributed by atoms with van der Waals surface area (Å²) >= 11 is 0. The van der Waals surface area contributed by atoms with Gasteiger partial charge in [-0.1, -0.05) is 12.1 Å². The summed E-state index contributed by atoms with van der Waals surface area (Å²) in [5.41, 5.74) is 2.08. The van der Waals surface area contributed by atoms with Crippen LogP contribution in [-0.4, -0.2) is 59.0 Å². The van der Waals surface area contributed by atoms with Crippen molar-refractivity contribution in [1.82, 2.24) is 19.9 Å². The van der Waals surface area contributed by atoms with Crippen molar-refractivity contribution < 1.29 is 9.53 Å². The molecule has 1 fully saturated rings. The van der Waals surface area contributed by atoms with Gasteiger partial charge in [0.15, 0.2) is 0 Å². The Kier molecular flexibility index (Phi) is 5.58. The molecule has 1 amide bonds. The molecule has 170 valence electrons. The average molecular weight is 445 g/mol. The first kappa shape index (κ1) is 21.2. The maximum absolute atomic E-state index is 13.7. The molecule has 1 saturated heterocycles. The molecule has 0 saturated carbocycles. The zero-order chi connectivity index (χ0) is 22.8. The highest BCUT2D eigenvalue weighted by molar-refractivity contribution is 5.89. The van der Waals surface area contributed by atoms with Crippen LogP contribution in [0.25, 0.3) is 0 Å². The zero-order valence-electron chi connectivity index (χ0n) is 19.0. The topological polar surface area (TPSA) is 83.5 Å². The van der Waals surface area contributed by atoms with Gasteiger partial charge in [-0.3, -0.25) is 4.79 Å². The highest BCUT2D eigenvalue weighted by atomic mass is 16.5. The van der Waals surface area contributed by atoms with E-state index in [1.54, 1.807) is 13.3 Å². The van der Waals surface area contributed by atoms with Gasteiger partial charge < -0.3 is 19.9 Å². The number of ether oxygens (including phenoxy) is 1. The van der Waals surface area contributed by atoms with E-state index in [1.165, 1.54) is 0 Å². The predicted octanol–water partition coefficient (Wildman–Crippen LogP) is 3.18. The third-order valence-corrected chi connectivity index (χ3v) is 6.62. The number of pyridine rings is 1. The monoisotopic (exact) mass is 444 g/mol. The number of piperazine rings is 1. The van der Waals surface area contributed by atoms with E-state index in [0.29, 0.717) is 19.0 Å². The Labute approximate surface area is 193 Å². The van der Waals surface area contributed by atoms with Crippen molar-refractivity contribution in [2.75, 3.05) is 43.5 Å². The number of nitrogens with one attached hydrogen (secondary N) is 1. The first-order valence-electron chi connectivity index (χ1n) is 11.3. The summed E-state index contributed by atoms with van der Waals surface area (Å²) in [6, 6.07) is 13.5. The molecule has 5 rings (SSSR count). The minimum absolute atomic E-state index is 0.146. The fraction of sp³-hybridized carbons (Fsp3) is 0.360. The van der Waals surface area contributed by atoms with Crippen LogP contribution in [0.5, 0.6) is 5.75 Å². The number of hydrogen-bond acceptors (Lipinski definition) is 7. The van der Waals surface area contributed by atoms with E-state index in [0.717, 1.165) is 54.4 Å². The Hall–Kier alpha value is -3.68. The Morgan fingerprint density at radius 1 is 1.09 bits per heavy atom. The van der Waals surface area contributed by atoms with Crippen LogP contribution >= 0.6 is 0 Å². The molecule has 2 aliphatic rings. The van der Waals surface area contributed by atoms with Gasteiger partial charge in [0, 0.05) is 50.3 Å². The number of carbonyl (C=O) groups excluding carboxylic acids is 1. The van der Waals surface area contributed by atoms with Gasteiger partial charge in [-0.25, -0.2) is 15.0 Å². The van der Waals surface area contributed by atoms with Crippen LogP contribution in [0, 0.1) is 0 Å². The zero-order valence-corrected chi connectivity index (χ0v) is 19.0. The lowest BCUT2D eigenvalue weighted by Crippen LogP contribution is -2.53. The smallest absolute Gasteiger partial charge is 0.234 e. The molecule has 8 heteroatoms. The summed E-state index contributed by atoms with van der Waals surface area (Å²) in [7, 11) is 1.64. The molecule has 1 aliphatic heterocycles. The predicted molar refractivity (Wildman–Crippen MR) is 127 cm³/mol. The van der Waals surface area contributed by atoms with Crippen LogP contribution in [0.3, 0.4) is 0 Å². The van der Waals surface area contributed by atoms with Gasteiger partial charge in [0.2, 0.25) is 11.9 Å². The molecule has 1 aromatic carbocycles. The molecule has 1 atom stereocenters. The van der Waals surface area contributed by atoms with E-state index in [1.807, 2.05) is 60.5 Å². The SMILES string of the molecule is COc1cccc(Nc2ncc3c(n2)C(C)(C(=O)N2CCN(c4ccccn4)CC2)CC3)c1. The fourth-order valence-corrected chi connectivity index (χ4v) is 4.70. The van der Waals surface area contributed by atoms with Crippen LogP contribution in [-0.2, 0) is 16.6 Å². The van der Waals surface area contributed by atoms with Gasteiger partial charge in [-0.05, 0) is 49.6 Å². The van der Waals surface area contributed by atoms with Gasteiger partial charge in [0.05, 0.1) is 18.2 Å². The third-order valence-electron chi connectivity index (χ3n) is 6.62. The standard InChI is InChI=1S/C25H28N6O2/c1-25(23(32)31-14-12-30(13-15-31)21-8-3-4-11-26-21)10-9-18-17-27-24(29-22(18)25)28-19-6-5-7-20(16-19)33-2/h3-8,11,16-17H,9-10,12-15H2,1-2H3,(H,27,28,29). The van der Waals surface area contributed by atoms with Crippen LogP contribution < -0.4 is 15.0 Å². The van der Waals surface area contributed by atoms with E-state index in [9.17, 15) is 4.79 Å². The van der Waals surface area contributed by atoms with E-state index in [-0.39, 0.29) is 5.91 Å².